The predicted molar refractivity (Wildman–Crippen MR) is 61.4 cm³/mol. The number of nitrogens with one attached hydrogen (secondary N) is 1. The summed E-state index contributed by atoms with van der Waals surface area (Å²) in [6.07, 6.45) is 1.10. The topological polar surface area (TPSA) is 55.0 Å². The molecule has 1 heterocycles. The highest BCUT2D eigenvalue weighted by Crippen LogP contribution is 2.29. The monoisotopic (exact) mass is 274 g/mol. The minimum Gasteiger partial charge on any atom is -0.434 e. The number of rotatable bonds is 2. The molecule has 0 saturated heterocycles. The summed E-state index contributed by atoms with van der Waals surface area (Å²) in [5.74, 6) is -1.08. The lowest BCUT2D eigenvalue weighted by molar-refractivity contribution is 0.426. The van der Waals surface area contributed by atoms with E-state index in [-0.39, 0.29) is 21.7 Å². The van der Waals surface area contributed by atoms with Gasteiger partial charge in [-0.25, -0.2) is 9.37 Å². The van der Waals surface area contributed by atoms with Crippen molar-refractivity contribution in [3.05, 3.63) is 50.7 Å². The standard InChI is InChI=1S/C10H5Cl2FN2O2/c11-5-2-1-3-6(8(5)13)17-10-7(12)9(16)14-4-15-10/h1-4H,(H,14,15,16). The lowest BCUT2D eigenvalue weighted by Crippen LogP contribution is -2.08. The average molecular weight is 275 g/mol. The summed E-state index contributed by atoms with van der Waals surface area (Å²) in [6.45, 7) is 0. The van der Waals surface area contributed by atoms with Crippen LogP contribution < -0.4 is 10.3 Å². The molecule has 0 atom stereocenters. The zero-order valence-electron chi connectivity index (χ0n) is 8.21. The van der Waals surface area contributed by atoms with Gasteiger partial charge in [-0.2, -0.15) is 0 Å². The zero-order valence-corrected chi connectivity index (χ0v) is 9.72. The second-order valence-corrected chi connectivity index (χ2v) is 3.79. The van der Waals surface area contributed by atoms with Crippen molar-refractivity contribution in [3.63, 3.8) is 0 Å². The molecule has 0 spiro atoms. The molecule has 4 nitrogen and oxygen atoms in total. The quantitative estimate of drug-likeness (QED) is 0.916. The fraction of sp³-hybridized carbons (Fsp3) is 0. The third-order valence-corrected chi connectivity index (χ3v) is 2.51. The van der Waals surface area contributed by atoms with Crippen LogP contribution >= 0.6 is 23.2 Å². The predicted octanol–water partition coefficient (Wildman–Crippen LogP) is 3.01. The highest BCUT2D eigenvalue weighted by molar-refractivity contribution is 6.31. The number of aromatic nitrogens is 2. The van der Waals surface area contributed by atoms with Crippen molar-refractivity contribution in [3.8, 4) is 11.6 Å². The van der Waals surface area contributed by atoms with Gasteiger partial charge in [-0.15, -0.1) is 0 Å². The number of H-pyrrole nitrogens is 1. The Kier molecular flexibility index (Phi) is 3.31. The van der Waals surface area contributed by atoms with Gasteiger partial charge in [-0.3, -0.25) is 4.79 Å². The van der Waals surface area contributed by atoms with Crippen molar-refractivity contribution in [1.82, 2.24) is 9.97 Å². The largest absolute Gasteiger partial charge is 0.434 e. The molecule has 17 heavy (non-hydrogen) atoms. The molecule has 0 aliphatic rings. The Morgan fingerprint density at radius 3 is 2.88 bits per heavy atom. The minimum absolute atomic E-state index is 0.0940. The van der Waals surface area contributed by atoms with E-state index in [0.717, 1.165) is 6.33 Å². The van der Waals surface area contributed by atoms with Gasteiger partial charge in [0.1, 0.15) is 0 Å². The highest BCUT2D eigenvalue weighted by Gasteiger charge is 2.12. The first-order chi connectivity index (χ1) is 8.09. The van der Waals surface area contributed by atoms with Gasteiger partial charge in [0.15, 0.2) is 16.6 Å². The minimum atomic E-state index is -0.743. The van der Waals surface area contributed by atoms with E-state index in [2.05, 4.69) is 9.97 Å². The van der Waals surface area contributed by atoms with E-state index < -0.39 is 11.4 Å². The molecule has 0 fully saturated rings. The average Bonchev–Trinajstić information content (AvgIpc) is 2.31. The van der Waals surface area contributed by atoms with E-state index in [4.69, 9.17) is 27.9 Å². The van der Waals surface area contributed by atoms with Crippen LogP contribution in [0, 0.1) is 5.82 Å². The lowest BCUT2D eigenvalue weighted by Gasteiger charge is -2.06. The molecule has 2 aromatic rings. The van der Waals surface area contributed by atoms with Crippen LogP contribution in [0.5, 0.6) is 11.6 Å². The molecular weight excluding hydrogens is 270 g/mol. The van der Waals surface area contributed by atoms with Crippen molar-refractivity contribution in [2.24, 2.45) is 0 Å². The van der Waals surface area contributed by atoms with E-state index in [1.165, 1.54) is 18.2 Å². The SMILES string of the molecule is O=c1[nH]cnc(Oc2cccc(Cl)c2F)c1Cl. The Balaban J connectivity index is 2.42. The number of halogens is 3. The number of aromatic amines is 1. The van der Waals surface area contributed by atoms with Gasteiger partial charge in [0.05, 0.1) is 11.3 Å². The zero-order chi connectivity index (χ0) is 12.4. The molecule has 0 aliphatic carbocycles. The molecule has 0 amide bonds. The van der Waals surface area contributed by atoms with Crippen molar-refractivity contribution < 1.29 is 9.13 Å². The Hall–Kier alpha value is -1.59. The summed E-state index contributed by atoms with van der Waals surface area (Å²) in [5.41, 5.74) is -0.570. The number of ether oxygens (including phenoxy) is 1. The van der Waals surface area contributed by atoms with Crippen LogP contribution in [0.1, 0.15) is 0 Å². The summed E-state index contributed by atoms with van der Waals surface area (Å²) in [6, 6.07) is 4.22. The molecular formula is C10H5Cl2FN2O2. The molecule has 1 N–H and O–H groups in total. The van der Waals surface area contributed by atoms with E-state index in [0.29, 0.717) is 0 Å². The summed E-state index contributed by atoms with van der Waals surface area (Å²) >= 11 is 11.2. The maximum absolute atomic E-state index is 13.5. The molecule has 0 aliphatic heterocycles. The van der Waals surface area contributed by atoms with Crippen LogP contribution in [0.4, 0.5) is 4.39 Å². The number of benzene rings is 1. The second kappa shape index (κ2) is 4.73. The number of nitrogens with zero attached hydrogens (tertiary/aromatic N) is 1. The van der Waals surface area contributed by atoms with Crippen LogP contribution in [0.15, 0.2) is 29.3 Å². The van der Waals surface area contributed by atoms with E-state index in [1.54, 1.807) is 0 Å². The molecule has 1 aromatic carbocycles. The van der Waals surface area contributed by atoms with Gasteiger partial charge in [0.25, 0.3) is 5.56 Å². The molecule has 0 radical (unpaired) electrons. The van der Waals surface area contributed by atoms with Crippen molar-refractivity contribution in [1.29, 1.82) is 0 Å². The molecule has 7 heteroatoms. The highest BCUT2D eigenvalue weighted by atomic mass is 35.5. The van der Waals surface area contributed by atoms with Crippen LogP contribution in [0.2, 0.25) is 10.0 Å². The van der Waals surface area contributed by atoms with Gasteiger partial charge in [0.2, 0.25) is 5.88 Å². The molecule has 0 bridgehead atoms. The normalized spacial score (nSPS) is 10.3. The maximum Gasteiger partial charge on any atom is 0.273 e. The molecule has 88 valence electrons. The van der Waals surface area contributed by atoms with Gasteiger partial charge in [-0.05, 0) is 12.1 Å². The van der Waals surface area contributed by atoms with Crippen molar-refractivity contribution in [2.75, 3.05) is 0 Å². The first kappa shape index (κ1) is 11.9. The van der Waals surface area contributed by atoms with Gasteiger partial charge < -0.3 is 9.72 Å². The lowest BCUT2D eigenvalue weighted by atomic mass is 10.3. The van der Waals surface area contributed by atoms with E-state index >= 15 is 0 Å². The number of hydrogen-bond acceptors (Lipinski definition) is 3. The molecule has 0 unspecified atom stereocenters. The summed E-state index contributed by atoms with van der Waals surface area (Å²) in [4.78, 5) is 17.1. The molecule has 0 saturated carbocycles. The fourth-order valence-electron chi connectivity index (χ4n) is 1.10. The third-order valence-electron chi connectivity index (χ3n) is 1.89. The van der Waals surface area contributed by atoms with Crippen LogP contribution in [0.3, 0.4) is 0 Å². The molecule has 1 aromatic heterocycles. The summed E-state index contributed by atoms with van der Waals surface area (Å²) in [7, 11) is 0. The number of hydrogen-bond donors (Lipinski definition) is 1. The van der Waals surface area contributed by atoms with Gasteiger partial charge in [0, 0.05) is 0 Å². The van der Waals surface area contributed by atoms with Crippen LogP contribution in [-0.2, 0) is 0 Å². The maximum atomic E-state index is 13.5. The smallest absolute Gasteiger partial charge is 0.273 e. The Morgan fingerprint density at radius 1 is 1.35 bits per heavy atom. The van der Waals surface area contributed by atoms with Crippen LogP contribution in [-0.4, -0.2) is 9.97 Å². The van der Waals surface area contributed by atoms with Crippen molar-refractivity contribution in [2.45, 2.75) is 0 Å². The Morgan fingerprint density at radius 2 is 2.12 bits per heavy atom. The first-order valence-corrected chi connectivity index (χ1v) is 5.20. The fourth-order valence-corrected chi connectivity index (χ4v) is 1.41. The van der Waals surface area contributed by atoms with Gasteiger partial charge in [-0.1, -0.05) is 29.3 Å². The third kappa shape index (κ3) is 2.40. The Bertz CT molecular complexity index is 615. The van der Waals surface area contributed by atoms with Gasteiger partial charge >= 0.3 is 0 Å². The molecule has 2 rings (SSSR count). The van der Waals surface area contributed by atoms with Crippen LogP contribution in [0.25, 0.3) is 0 Å². The van der Waals surface area contributed by atoms with E-state index in [1.807, 2.05) is 0 Å². The van der Waals surface area contributed by atoms with E-state index in [9.17, 15) is 9.18 Å². The first-order valence-electron chi connectivity index (χ1n) is 4.44. The van der Waals surface area contributed by atoms with Crippen molar-refractivity contribution >= 4 is 23.2 Å². The Labute approximate surface area is 105 Å². The second-order valence-electron chi connectivity index (χ2n) is 3.00. The summed E-state index contributed by atoms with van der Waals surface area (Å²) in [5, 5.41) is -0.352. The summed E-state index contributed by atoms with van der Waals surface area (Å²) < 4.78 is 18.6.